The maximum absolute atomic E-state index is 10.9. The second-order valence-corrected chi connectivity index (χ2v) is 3.65. The minimum Gasteiger partial charge on any atom is -0.490 e. The third-order valence-corrected chi connectivity index (χ3v) is 2.26. The van der Waals surface area contributed by atoms with Crippen molar-refractivity contribution in [1.82, 2.24) is 0 Å². The van der Waals surface area contributed by atoms with Crippen LogP contribution in [0.15, 0.2) is 43.0 Å². The second-order valence-electron chi connectivity index (χ2n) is 3.65. The molecule has 0 bridgehead atoms. The topological polar surface area (TPSA) is 61.8 Å². The fraction of sp³-hybridized carbons (Fsp3) is 0.200. The molecule has 0 atom stereocenters. The summed E-state index contributed by atoms with van der Waals surface area (Å²) in [6, 6.07) is 7.10. The summed E-state index contributed by atoms with van der Waals surface area (Å²) in [7, 11) is 1.32. The number of carbonyl (C=O) groups excluding carboxylic acids is 2. The molecular formula is C15H16O5. The standard InChI is InChI=1S/C15H16O5/c1-3-14(16)20-11-10-19-13-7-4-12(5-8-13)6-9-15(17)18-2/h3-9H,1,10-11H2,2H3. The maximum Gasteiger partial charge on any atom is 0.330 e. The summed E-state index contributed by atoms with van der Waals surface area (Å²) in [4.78, 5) is 21.7. The number of benzene rings is 1. The lowest BCUT2D eigenvalue weighted by Gasteiger charge is -2.06. The van der Waals surface area contributed by atoms with Gasteiger partial charge in [0.15, 0.2) is 0 Å². The van der Waals surface area contributed by atoms with Gasteiger partial charge in [-0.2, -0.15) is 0 Å². The van der Waals surface area contributed by atoms with E-state index in [9.17, 15) is 9.59 Å². The molecule has 0 spiro atoms. The third-order valence-electron chi connectivity index (χ3n) is 2.26. The number of methoxy groups -OCH3 is 1. The van der Waals surface area contributed by atoms with E-state index in [4.69, 9.17) is 9.47 Å². The Bertz CT molecular complexity index is 487. The van der Waals surface area contributed by atoms with Crippen LogP contribution in [0.4, 0.5) is 0 Å². The van der Waals surface area contributed by atoms with Crippen LogP contribution in [0.5, 0.6) is 5.75 Å². The molecule has 0 fully saturated rings. The predicted octanol–water partition coefficient (Wildman–Crippen LogP) is 1.98. The predicted molar refractivity (Wildman–Crippen MR) is 74.1 cm³/mol. The normalized spacial score (nSPS) is 10.1. The van der Waals surface area contributed by atoms with Gasteiger partial charge in [-0.25, -0.2) is 9.59 Å². The number of hydrogen-bond acceptors (Lipinski definition) is 5. The smallest absolute Gasteiger partial charge is 0.330 e. The molecule has 0 amide bonds. The van der Waals surface area contributed by atoms with E-state index < -0.39 is 11.9 Å². The Morgan fingerprint density at radius 1 is 1.15 bits per heavy atom. The van der Waals surface area contributed by atoms with Crippen LogP contribution < -0.4 is 4.74 Å². The van der Waals surface area contributed by atoms with Crippen molar-refractivity contribution in [3.05, 3.63) is 48.6 Å². The largest absolute Gasteiger partial charge is 0.490 e. The van der Waals surface area contributed by atoms with Gasteiger partial charge in [0.25, 0.3) is 0 Å². The molecule has 0 aliphatic carbocycles. The van der Waals surface area contributed by atoms with Crippen molar-refractivity contribution in [3.63, 3.8) is 0 Å². The fourth-order valence-corrected chi connectivity index (χ4v) is 1.27. The van der Waals surface area contributed by atoms with Gasteiger partial charge in [0.2, 0.25) is 0 Å². The molecule has 5 heteroatoms. The molecule has 1 aromatic rings. The lowest BCUT2D eigenvalue weighted by atomic mass is 10.2. The molecule has 0 aliphatic heterocycles. The first kappa shape index (κ1) is 15.5. The molecule has 1 aromatic carbocycles. The average Bonchev–Trinajstić information content (AvgIpc) is 2.49. The van der Waals surface area contributed by atoms with Crippen molar-refractivity contribution in [2.24, 2.45) is 0 Å². The highest BCUT2D eigenvalue weighted by Crippen LogP contribution is 2.13. The van der Waals surface area contributed by atoms with Crippen LogP contribution >= 0.6 is 0 Å². The van der Waals surface area contributed by atoms with E-state index in [0.29, 0.717) is 5.75 Å². The zero-order chi connectivity index (χ0) is 14.8. The number of ether oxygens (including phenoxy) is 3. The zero-order valence-electron chi connectivity index (χ0n) is 11.2. The summed E-state index contributed by atoms with van der Waals surface area (Å²) in [5, 5.41) is 0. The van der Waals surface area contributed by atoms with Crippen LogP contribution in [0.3, 0.4) is 0 Å². The van der Waals surface area contributed by atoms with Gasteiger partial charge < -0.3 is 14.2 Å². The second kappa shape index (κ2) is 8.53. The molecule has 0 heterocycles. The van der Waals surface area contributed by atoms with Gasteiger partial charge in [-0.15, -0.1) is 0 Å². The van der Waals surface area contributed by atoms with Crippen LogP contribution in [0.2, 0.25) is 0 Å². The summed E-state index contributed by atoms with van der Waals surface area (Å²) in [5.74, 6) is -0.235. The number of hydrogen-bond donors (Lipinski definition) is 0. The molecule has 0 saturated carbocycles. The monoisotopic (exact) mass is 276 g/mol. The zero-order valence-corrected chi connectivity index (χ0v) is 11.2. The Balaban J connectivity index is 2.39. The van der Waals surface area contributed by atoms with Crippen molar-refractivity contribution in [2.75, 3.05) is 20.3 Å². The van der Waals surface area contributed by atoms with Gasteiger partial charge in [-0.1, -0.05) is 18.7 Å². The fourth-order valence-electron chi connectivity index (χ4n) is 1.27. The van der Waals surface area contributed by atoms with E-state index in [2.05, 4.69) is 11.3 Å². The van der Waals surface area contributed by atoms with Crippen LogP contribution in [-0.2, 0) is 19.1 Å². The number of rotatable bonds is 7. The lowest BCUT2D eigenvalue weighted by molar-refractivity contribution is -0.138. The van der Waals surface area contributed by atoms with Gasteiger partial charge >= 0.3 is 11.9 Å². The molecule has 0 unspecified atom stereocenters. The Hall–Kier alpha value is -2.56. The van der Waals surface area contributed by atoms with Crippen LogP contribution in [-0.4, -0.2) is 32.3 Å². The molecule has 20 heavy (non-hydrogen) atoms. The van der Waals surface area contributed by atoms with Gasteiger partial charge in [0.05, 0.1) is 7.11 Å². The molecule has 0 radical (unpaired) electrons. The van der Waals surface area contributed by atoms with E-state index in [1.807, 2.05) is 0 Å². The van der Waals surface area contributed by atoms with Gasteiger partial charge in [0.1, 0.15) is 19.0 Å². The Kier molecular flexibility index (Phi) is 6.61. The summed E-state index contributed by atoms with van der Waals surface area (Å²) >= 11 is 0. The molecule has 1 rings (SSSR count). The first-order valence-electron chi connectivity index (χ1n) is 5.94. The lowest BCUT2D eigenvalue weighted by Crippen LogP contribution is -2.10. The molecule has 0 N–H and O–H groups in total. The molecular weight excluding hydrogens is 260 g/mol. The molecule has 5 nitrogen and oxygen atoms in total. The summed E-state index contributed by atoms with van der Waals surface area (Å²) in [5.41, 5.74) is 0.848. The van der Waals surface area contributed by atoms with Crippen LogP contribution in [0.1, 0.15) is 5.56 Å². The molecule has 0 aliphatic rings. The van der Waals surface area contributed by atoms with Crippen molar-refractivity contribution in [1.29, 1.82) is 0 Å². The first-order valence-corrected chi connectivity index (χ1v) is 5.94. The first-order chi connectivity index (χ1) is 9.65. The Labute approximate surface area is 117 Å². The summed E-state index contributed by atoms with van der Waals surface area (Å²) in [6.45, 7) is 3.71. The van der Waals surface area contributed by atoms with Crippen LogP contribution in [0.25, 0.3) is 6.08 Å². The van der Waals surface area contributed by atoms with E-state index in [1.54, 1.807) is 30.3 Å². The van der Waals surface area contributed by atoms with Gasteiger partial charge in [-0.05, 0) is 23.8 Å². The SMILES string of the molecule is C=CC(=O)OCCOc1ccc(C=CC(=O)OC)cc1. The van der Waals surface area contributed by atoms with E-state index in [0.717, 1.165) is 11.6 Å². The molecule has 0 saturated heterocycles. The third kappa shape index (κ3) is 5.86. The minimum absolute atomic E-state index is 0.162. The average molecular weight is 276 g/mol. The van der Waals surface area contributed by atoms with Crippen molar-refractivity contribution < 1.29 is 23.8 Å². The molecule has 0 aromatic heterocycles. The summed E-state index contributed by atoms with van der Waals surface area (Å²) < 4.78 is 14.6. The highest BCUT2D eigenvalue weighted by molar-refractivity contribution is 5.86. The van der Waals surface area contributed by atoms with Crippen molar-refractivity contribution in [2.45, 2.75) is 0 Å². The van der Waals surface area contributed by atoms with Crippen molar-refractivity contribution in [3.8, 4) is 5.75 Å². The Morgan fingerprint density at radius 3 is 2.45 bits per heavy atom. The van der Waals surface area contributed by atoms with Gasteiger partial charge in [-0.3, -0.25) is 0 Å². The number of esters is 2. The molecule has 106 valence electrons. The number of carbonyl (C=O) groups is 2. The van der Waals surface area contributed by atoms with E-state index in [1.165, 1.54) is 13.2 Å². The van der Waals surface area contributed by atoms with Crippen molar-refractivity contribution >= 4 is 18.0 Å². The highest BCUT2D eigenvalue weighted by Gasteiger charge is 1.97. The van der Waals surface area contributed by atoms with Crippen LogP contribution in [0, 0.1) is 0 Å². The highest BCUT2D eigenvalue weighted by atomic mass is 16.6. The van der Waals surface area contributed by atoms with E-state index in [-0.39, 0.29) is 13.2 Å². The maximum atomic E-state index is 10.9. The van der Waals surface area contributed by atoms with Gasteiger partial charge in [0, 0.05) is 12.2 Å². The Morgan fingerprint density at radius 2 is 1.85 bits per heavy atom. The quantitative estimate of drug-likeness (QED) is 0.433. The van der Waals surface area contributed by atoms with E-state index >= 15 is 0 Å². The summed E-state index contributed by atoms with van der Waals surface area (Å²) in [6.07, 6.45) is 4.08. The minimum atomic E-state index is -0.475.